The molecule has 0 bridgehead atoms. The van der Waals surface area contributed by atoms with Crippen molar-refractivity contribution in [3.63, 3.8) is 0 Å². The maximum absolute atomic E-state index is 12.3. The molecule has 1 aliphatic heterocycles. The van der Waals surface area contributed by atoms with E-state index in [1.54, 1.807) is 18.5 Å². The van der Waals surface area contributed by atoms with Gasteiger partial charge in [-0.15, -0.1) is 0 Å². The summed E-state index contributed by atoms with van der Waals surface area (Å²) in [7, 11) is 0. The molecule has 5 heterocycles. The number of hydrogen-bond acceptors (Lipinski definition) is 10. The second-order valence-corrected chi connectivity index (χ2v) is 8.36. The van der Waals surface area contributed by atoms with E-state index in [4.69, 9.17) is 16.3 Å². The number of carbonyl (C=O) groups excluding carboxylic acids is 1. The average Bonchev–Trinajstić information content (AvgIpc) is 3.44. The first-order valence-electron chi connectivity index (χ1n) is 10.9. The highest BCUT2D eigenvalue weighted by molar-refractivity contribution is 6.30. The third-order valence-corrected chi connectivity index (χ3v) is 5.77. The van der Waals surface area contributed by atoms with Crippen molar-refractivity contribution in [1.29, 1.82) is 0 Å². The summed E-state index contributed by atoms with van der Waals surface area (Å²) in [5.41, 5.74) is 2.01. The number of aliphatic hydroxyl groups is 2. The molecular weight excluding hydrogens is 488 g/mol. The third-order valence-electron chi connectivity index (χ3n) is 5.56. The zero-order chi connectivity index (χ0) is 25.2. The molecule has 36 heavy (non-hydrogen) atoms. The number of halogens is 1. The maximum atomic E-state index is 12.3. The number of aromatic nitrogens is 6. The fraction of sp³-hybridized carbons (Fsp3) is 0.217. The highest BCUT2D eigenvalue weighted by atomic mass is 35.5. The molecule has 0 aromatic carbocycles. The van der Waals surface area contributed by atoms with Crippen molar-refractivity contribution in [2.45, 2.75) is 31.1 Å². The molecule has 184 valence electrons. The van der Waals surface area contributed by atoms with E-state index in [0.717, 1.165) is 5.69 Å². The van der Waals surface area contributed by atoms with Crippen LogP contribution in [0, 0.1) is 0 Å². The third kappa shape index (κ3) is 4.50. The first-order valence-corrected chi connectivity index (χ1v) is 11.3. The number of nitrogens with one attached hydrogen (secondary N) is 2. The van der Waals surface area contributed by atoms with E-state index < -0.39 is 30.4 Å². The SMILES string of the molecule is C=CNC(=O)[C@H]1O[C@@H](n2cnc3c(NCc4ccccn4)nc(-c4cncc(Cl)c4)nc32)[C@H](O)[C@@H]1O. The summed E-state index contributed by atoms with van der Waals surface area (Å²) < 4.78 is 7.17. The Kier molecular flexibility index (Phi) is 6.57. The monoisotopic (exact) mass is 508 g/mol. The molecule has 0 unspecified atom stereocenters. The van der Waals surface area contributed by atoms with Gasteiger partial charge in [-0.2, -0.15) is 0 Å². The van der Waals surface area contributed by atoms with Gasteiger partial charge in [-0.1, -0.05) is 24.2 Å². The second kappa shape index (κ2) is 9.95. The van der Waals surface area contributed by atoms with Crippen LogP contribution in [0.1, 0.15) is 11.9 Å². The number of imidazole rings is 1. The van der Waals surface area contributed by atoms with E-state index in [0.29, 0.717) is 34.1 Å². The number of rotatable bonds is 7. The van der Waals surface area contributed by atoms with Gasteiger partial charge in [0.25, 0.3) is 5.91 Å². The van der Waals surface area contributed by atoms with Crippen LogP contribution in [0.15, 0.2) is 62.0 Å². The summed E-state index contributed by atoms with van der Waals surface area (Å²) in [5.74, 6) is 0.0478. The van der Waals surface area contributed by atoms with E-state index in [1.807, 2.05) is 18.2 Å². The van der Waals surface area contributed by atoms with E-state index in [-0.39, 0.29) is 5.82 Å². The zero-order valence-corrected chi connectivity index (χ0v) is 19.4. The van der Waals surface area contributed by atoms with Crippen LogP contribution in [0.4, 0.5) is 5.82 Å². The number of nitrogens with zero attached hydrogens (tertiary/aromatic N) is 6. The molecule has 5 rings (SSSR count). The largest absolute Gasteiger partial charge is 0.387 e. The van der Waals surface area contributed by atoms with Crippen molar-refractivity contribution in [2.24, 2.45) is 0 Å². The first-order chi connectivity index (χ1) is 17.5. The van der Waals surface area contributed by atoms with Gasteiger partial charge in [0.05, 0.1) is 23.6 Å². The van der Waals surface area contributed by atoms with Gasteiger partial charge in [0.2, 0.25) is 0 Å². The number of anilines is 1. The highest BCUT2D eigenvalue weighted by Crippen LogP contribution is 2.33. The van der Waals surface area contributed by atoms with Crippen molar-refractivity contribution >= 4 is 34.5 Å². The van der Waals surface area contributed by atoms with Crippen LogP contribution in [0.5, 0.6) is 0 Å². The van der Waals surface area contributed by atoms with Crippen LogP contribution < -0.4 is 10.6 Å². The topological polar surface area (TPSA) is 160 Å². The lowest BCUT2D eigenvalue weighted by molar-refractivity contribution is -0.136. The molecule has 0 aliphatic carbocycles. The number of fused-ring (bicyclic) bond motifs is 1. The predicted molar refractivity (Wildman–Crippen MR) is 129 cm³/mol. The van der Waals surface area contributed by atoms with Crippen LogP contribution in [-0.2, 0) is 16.1 Å². The minimum atomic E-state index is -1.48. The number of hydrogen-bond donors (Lipinski definition) is 4. The zero-order valence-electron chi connectivity index (χ0n) is 18.7. The lowest BCUT2D eigenvalue weighted by atomic mass is 10.1. The molecular formula is C23H21ClN8O4. The summed E-state index contributed by atoms with van der Waals surface area (Å²) in [6, 6.07) is 7.23. The number of ether oxygens (including phenoxy) is 1. The molecule has 1 aliphatic rings. The molecule has 0 spiro atoms. The summed E-state index contributed by atoms with van der Waals surface area (Å²) in [4.78, 5) is 34.3. The molecule has 4 N–H and O–H groups in total. The van der Waals surface area contributed by atoms with Gasteiger partial charge in [-0.05, 0) is 24.4 Å². The Morgan fingerprint density at radius 2 is 2.08 bits per heavy atom. The van der Waals surface area contributed by atoms with E-state index in [1.165, 1.54) is 23.3 Å². The molecule has 1 amide bonds. The molecule has 1 saturated heterocycles. The molecule has 4 atom stereocenters. The highest BCUT2D eigenvalue weighted by Gasteiger charge is 2.47. The van der Waals surface area contributed by atoms with Crippen molar-refractivity contribution in [2.75, 3.05) is 5.32 Å². The summed E-state index contributed by atoms with van der Waals surface area (Å²) >= 11 is 6.13. The Labute approximate surface area is 209 Å². The average molecular weight is 509 g/mol. The molecule has 0 radical (unpaired) electrons. The lowest BCUT2D eigenvalue weighted by Crippen LogP contribution is -2.40. The number of amides is 1. The Balaban J connectivity index is 1.57. The minimum Gasteiger partial charge on any atom is -0.387 e. The van der Waals surface area contributed by atoms with Gasteiger partial charge in [0, 0.05) is 24.2 Å². The number of carbonyl (C=O) groups is 1. The molecule has 0 saturated carbocycles. The normalized spacial score (nSPS) is 21.4. The van der Waals surface area contributed by atoms with Gasteiger partial charge < -0.3 is 25.6 Å². The summed E-state index contributed by atoms with van der Waals surface area (Å²) in [6.45, 7) is 3.79. The predicted octanol–water partition coefficient (Wildman–Crippen LogP) is 1.43. The van der Waals surface area contributed by atoms with Crippen LogP contribution in [0.25, 0.3) is 22.6 Å². The Morgan fingerprint density at radius 3 is 2.83 bits per heavy atom. The number of aliphatic hydroxyl groups excluding tert-OH is 2. The summed E-state index contributed by atoms with van der Waals surface area (Å²) in [5, 5.41) is 27.1. The fourth-order valence-corrected chi connectivity index (χ4v) is 4.03. The van der Waals surface area contributed by atoms with E-state index >= 15 is 0 Å². The van der Waals surface area contributed by atoms with Gasteiger partial charge in [0.1, 0.15) is 12.2 Å². The quantitative estimate of drug-likeness (QED) is 0.287. The molecule has 4 aromatic heterocycles. The number of pyridine rings is 2. The summed E-state index contributed by atoms with van der Waals surface area (Å²) in [6.07, 6.45) is 1.95. The molecule has 12 nitrogen and oxygen atoms in total. The van der Waals surface area contributed by atoms with Crippen LogP contribution in [-0.4, -0.2) is 63.9 Å². The fourth-order valence-electron chi connectivity index (χ4n) is 3.85. The Morgan fingerprint density at radius 1 is 1.22 bits per heavy atom. The molecule has 1 fully saturated rings. The van der Waals surface area contributed by atoms with Gasteiger partial charge in [0.15, 0.2) is 35.1 Å². The molecule has 4 aromatic rings. The second-order valence-electron chi connectivity index (χ2n) is 7.93. The maximum Gasteiger partial charge on any atom is 0.255 e. The molecule has 13 heteroatoms. The van der Waals surface area contributed by atoms with Crippen LogP contribution >= 0.6 is 11.6 Å². The smallest absolute Gasteiger partial charge is 0.255 e. The van der Waals surface area contributed by atoms with Gasteiger partial charge in [-0.3, -0.25) is 19.3 Å². The van der Waals surface area contributed by atoms with Crippen molar-refractivity contribution < 1.29 is 19.7 Å². The standard InChI is InChI=1S/C23H21ClN8O4/c1-2-26-22(35)18-16(33)17(34)23(36-18)32-11-29-15-20(28-10-14-5-3-4-6-27-14)30-19(31-21(15)32)12-7-13(24)9-25-8-12/h2-9,11,16-18,23,33-34H,1,10H2,(H,26,35)(H,28,30,31)/t16-,17+,18-,23+/m0/s1. The van der Waals surface area contributed by atoms with E-state index in [2.05, 4.69) is 42.1 Å². The van der Waals surface area contributed by atoms with Gasteiger partial charge >= 0.3 is 0 Å². The van der Waals surface area contributed by atoms with E-state index in [9.17, 15) is 15.0 Å². The van der Waals surface area contributed by atoms with Crippen molar-refractivity contribution in [3.8, 4) is 11.4 Å². The Hall–Kier alpha value is -3.97. The van der Waals surface area contributed by atoms with Crippen LogP contribution in [0.2, 0.25) is 5.02 Å². The van der Waals surface area contributed by atoms with Crippen LogP contribution in [0.3, 0.4) is 0 Å². The van der Waals surface area contributed by atoms with Crippen molar-refractivity contribution in [3.05, 3.63) is 72.7 Å². The van der Waals surface area contributed by atoms with Gasteiger partial charge in [-0.25, -0.2) is 15.0 Å². The van der Waals surface area contributed by atoms with Crippen molar-refractivity contribution in [1.82, 2.24) is 34.8 Å². The minimum absolute atomic E-state index is 0.289. The first kappa shape index (κ1) is 23.8. The Bertz CT molecular complexity index is 1420. The lowest BCUT2D eigenvalue weighted by Gasteiger charge is -2.17.